The maximum Gasteiger partial charge on any atom is 0.407 e. The van der Waals surface area contributed by atoms with E-state index in [0.717, 1.165) is 24.3 Å². The molecule has 1 aromatic carbocycles. The van der Waals surface area contributed by atoms with Crippen molar-refractivity contribution in [3.63, 3.8) is 0 Å². The van der Waals surface area contributed by atoms with Gasteiger partial charge < -0.3 is 5.32 Å². The molecular weight excluding hydrogens is 412 g/mol. The molecule has 0 radical (unpaired) electrons. The number of nitrogens with one attached hydrogen (secondary N) is 2. The van der Waals surface area contributed by atoms with E-state index in [1.807, 2.05) is 11.4 Å². The van der Waals surface area contributed by atoms with Crippen LogP contribution in [0.25, 0.3) is 0 Å². The van der Waals surface area contributed by atoms with Crippen molar-refractivity contribution in [2.75, 3.05) is 0 Å². The summed E-state index contributed by atoms with van der Waals surface area (Å²) in [5, 5.41) is 13.4. The third-order valence-corrected chi connectivity index (χ3v) is 4.75. The summed E-state index contributed by atoms with van der Waals surface area (Å²) in [6, 6.07) is 0.831. The van der Waals surface area contributed by atoms with Gasteiger partial charge in [0, 0.05) is 12.8 Å². The summed E-state index contributed by atoms with van der Waals surface area (Å²) in [6.07, 6.45) is -6.13. The molecule has 1 saturated carbocycles. The summed E-state index contributed by atoms with van der Waals surface area (Å²) in [6.45, 7) is 3.06. The van der Waals surface area contributed by atoms with E-state index in [4.69, 9.17) is 5.26 Å². The molecule has 166 valence electrons. The Labute approximate surface area is 170 Å². The first kappa shape index (κ1) is 24.0. The van der Waals surface area contributed by atoms with Crippen LogP contribution in [-0.4, -0.2) is 29.6 Å². The lowest BCUT2D eigenvalue weighted by Gasteiger charge is -2.30. The zero-order chi connectivity index (χ0) is 22.7. The van der Waals surface area contributed by atoms with Gasteiger partial charge in [0.1, 0.15) is 17.4 Å². The van der Waals surface area contributed by atoms with E-state index in [1.54, 1.807) is 0 Å². The number of halogens is 6. The second-order valence-corrected chi connectivity index (χ2v) is 8.09. The van der Waals surface area contributed by atoms with E-state index >= 15 is 0 Å². The van der Waals surface area contributed by atoms with Crippen molar-refractivity contribution in [2.45, 2.75) is 69.3 Å². The first-order valence-corrected chi connectivity index (χ1v) is 9.46. The molecule has 4 nitrogen and oxygen atoms in total. The second-order valence-electron chi connectivity index (χ2n) is 8.09. The maximum atomic E-state index is 14.4. The molecule has 10 heteroatoms. The van der Waals surface area contributed by atoms with Crippen molar-refractivity contribution in [1.29, 1.82) is 5.26 Å². The Balaban J connectivity index is 2.31. The number of rotatable bonds is 9. The Kier molecular flexibility index (Phi) is 7.07. The molecule has 0 saturated heterocycles. The molecule has 1 fully saturated rings. The van der Waals surface area contributed by atoms with Crippen LogP contribution in [-0.2, 0) is 4.79 Å². The topological polar surface area (TPSA) is 64.9 Å². The Morgan fingerprint density at radius 1 is 1.13 bits per heavy atom. The smallest absolute Gasteiger partial charge is 0.336 e. The van der Waals surface area contributed by atoms with E-state index in [0.29, 0.717) is 12.8 Å². The molecule has 1 amide bonds. The Morgan fingerprint density at radius 3 is 2.13 bits per heavy atom. The quantitative estimate of drug-likeness (QED) is 0.556. The van der Waals surface area contributed by atoms with E-state index in [-0.39, 0.29) is 0 Å². The lowest BCUT2D eigenvalue weighted by Crippen LogP contribution is -2.53. The van der Waals surface area contributed by atoms with E-state index < -0.39 is 65.8 Å². The SMILES string of the molecule is CC(C)CC(F)(F)CC(N[C@@H](c1ccc(F)cc1)C(F)(F)F)C(=O)NC1(C#N)CC1. The van der Waals surface area contributed by atoms with Crippen molar-refractivity contribution in [2.24, 2.45) is 5.92 Å². The summed E-state index contributed by atoms with van der Waals surface area (Å²) >= 11 is 0. The summed E-state index contributed by atoms with van der Waals surface area (Å²) in [5.41, 5.74) is -1.65. The molecular formula is C20H23F6N3O. The first-order chi connectivity index (χ1) is 13.8. The molecule has 2 rings (SSSR count). The average Bonchev–Trinajstić information content (AvgIpc) is 3.37. The highest BCUT2D eigenvalue weighted by atomic mass is 19.4. The molecule has 0 spiro atoms. The summed E-state index contributed by atoms with van der Waals surface area (Å²) < 4.78 is 82.9. The lowest BCUT2D eigenvalue weighted by molar-refractivity contribution is -0.163. The van der Waals surface area contributed by atoms with Gasteiger partial charge in [0.15, 0.2) is 0 Å². The summed E-state index contributed by atoms with van der Waals surface area (Å²) in [4.78, 5) is 12.6. The molecule has 2 atom stereocenters. The highest BCUT2D eigenvalue weighted by molar-refractivity contribution is 5.83. The Hall–Kier alpha value is -2.28. The van der Waals surface area contributed by atoms with Crippen molar-refractivity contribution in [1.82, 2.24) is 10.6 Å². The minimum absolute atomic E-state index is 0.297. The van der Waals surface area contributed by atoms with Gasteiger partial charge in [-0.05, 0) is 36.5 Å². The molecule has 1 aromatic rings. The molecule has 1 aliphatic carbocycles. The minimum Gasteiger partial charge on any atom is -0.336 e. The number of hydrogen-bond acceptors (Lipinski definition) is 3. The van der Waals surface area contributed by atoms with Crippen LogP contribution in [0.3, 0.4) is 0 Å². The fourth-order valence-electron chi connectivity index (χ4n) is 3.16. The van der Waals surface area contributed by atoms with Crippen molar-refractivity contribution < 1.29 is 31.1 Å². The van der Waals surface area contributed by atoms with Gasteiger partial charge in [0.25, 0.3) is 0 Å². The van der Waals surface area contributed by atoms with Gasteiger partial charge in [-0.2, -0.15) is 18.4 Å². The van der Waals surface area contributed by atoms with Crippen molar-refractivity contribution in [3.05, 3.63) is 35.6 Å². The fraction of sp³-hybridized carbons (Fsp3) is 0.600. The van der Waals surface area contributed by atoms with Gasteiger partial charge in [-0.15, -0.1) is 0 Å². The Morgan fingerprint density at radius 2 is 1.70 bits per heavy atom. The van der Waals surface area contributed by atoms with E-state index in [1.165, 1.54) is 13.8 Å². The van der Waals surface area contributed by atoms with Crippen LogP contribution in [0.15, 0.2) is 24.3 Å². The predicted octanol–water partition coefficient (Wildman–Crippen LogP) is 4.63. The van der Waals surface area contributed by atoms with Crippen LogP contribution >= 0.6 is 0 Å². The van der Waals surface area contributed by atoms with E-state index in [2.05, 4.69) is 5.32 Å². The Bertz CT molecular complexity index is 781. The molecule has 30 heavy (non-hydrogen) atoms. The number of amides is 1. The number of alkyl halides is 5. The highest BCUT2D eigenvalue weighted by Crippen LogP contribution is 2.37. The molecule has 0 aliphatic heterocycles. The third-order valence-electron chi connectivity index (χ3n) is 4.75. The second kappa shape index (κ2) is 8.84. The van der Waals surface area contributed by atoms with Gasteiger partial charge in [0.2, 0.25) is 11.8 Å². The molecule has 0 aromatic heterocycles. The van der Waals surface area contributed by atoms with Gasteiger partial charge in [-0.3, -0.25) is 10.1 Å². The number of carbonyl (C=O) groups is 1. The number of nitrogens with zero attached hydrogens (tertiary/aromatic N) is 1. The predicted molar refractivity (Wildman–Crippen MR) is 96.9 cm³/mol. The lowest BCUT2D eigenvalue weighted by atomic mass is 9.96. The number of nitriles is 1. The molecule has 1 unspecified atom stereocenters. The molecule has 0 heterocycles. The van der Waals surface area contributed by atoms with E-state index in [9.17, 15) is 31.1 Å². The van der Waals surface area contributed by atoms with Crippen LogP contribution in [0.4, 0.5) is 26.3 Å². The molecule has 0 bridgehead atoms. The highest BCUT2D eigenvalue weighted by Gasteiger charge is 2.49. The standard InChI is InChI=1S/C20H23F6N3O/c1-12(2)9-19(22,23)10-15(17(30)29-18(11-27)7-8-18)28-16(20(24,25)26)13-3-5-14(21)6-4-13/h3-6,12,15-16,28H,7-10H2,1-2H3,(H,29,30)/t15?,16-/m0/s1. The number of hydrogen-bond donors (Lipinski definition) is 2. The molecule has 1 aliphatic rings. The zero-order valence-corrected chi connectivity index (χ0v) is 16.5. The van der Waals surface area contributed by atoms with Gasteiger partial charge >= 0.3 is 6.18 Å². The average molecular weight is 435 g/mol. The number of benzene rings is 1. The van der Waals surface area contributed by atoms with Gasteiger partial charge in [-0.1, -0.05) is 26.0 Å². The van der Waals surface area contributed by atoms with Crippen molar-refractivity contribution in [3.8, 4) is 6.07 Å². The fourth-order valence-corrected chi connectivity index (χ4v) is 3.16. The van der Waals surface area contributed by atoms with Crippen LogP contribution in [0.5, 0.6) is 0 Å². The third kappa shape index (κ3) is 6.62. The van der Waals surface area contributed by atoms with Crippen LogP contribution < -0.4 is 10.6 Å². The molecule has 2 N–H and O–H groups in total. The summed E-state index contributed by atoms with van der Waals surface area (Å²) in [5.74, 6) is -5.73. The minimum atomic E-state index is -4.93. The maximum absolute atomic E-state index is 14.4. The normalized spacial score (nSPS) is 17.9. The monoisotopic (exact) mass is 435 g/mol. The zero-order valence-electron chi connectivity index (χ0n) is 16.5. The van der Waals surface area contributed by atoms with Crippen LogP contribution in [0, 0.1) is 23.1 Å². The van der Waals surface area contributed by atoms with Crippen LogP contribution in [0.2, 0.25) is 0 Å². The summed E-state index contributed by atoms with van der Waals surface area (Å²) in [7, 11) is 0. The largest absolute Gasteiger partial charge is 0.407 e. The van der Waals surface area contributed by atoms with Crippen LogP contribution in [0.1, 0.15) is 51.1 Å². The number of carbonyl (C=O) groups excluding carboxylic acids is 1. The van der Waals surface area contributed by atoms with Gasteiger partial charge in [-0.25, -0.2) is 13.2 Å². The van der Waals surface area contributed by atoms with Crippen molar-refractivity contribution >= 4 is 5.91 Å². The van der Waals surface area contributed by atoms with Gasteiger partial charge in [0.05, 0.1) is 12.1 Å². The first-order valence-electron chi connectivity index (χ1n) is 9.46.